The van der Waals surface area contributed by atoms with E-state index in [4.69, 9.17) is 4.43 Å². The molecule has 0 saturated heterocycles. The van der Waals surface area contributed by atoms with Crippen molar-refractivity contribution in [3.63, 3.8) is 0 Å². The maximum atomic E-state index is 13.1. The Morgan fingerprint density at radius 2 is 1.95 bits per heavy atom. The van der Waals surface area contributed by atoms with Crippen LogP contribution in [-0.4, -0.2) is 44.6 Å². The van der Waals surface area contributed by atoms with Crippen LogP contribution in [0.2, 0.25) is 18.1 Å². The number of aliphatic hydroxyl groups excluding tert-OH is 1. The van der Waals surface area contributed by atoms with Crippen LogP contribution < -0.4 is 0 Å². The molecule has 8 heteroatoms. The first-order valence-corrected chi connectivity index (χ1v) is 17.8. The zero-order valence-electron chi connectivity index (χ0n) is 26.2. The molecule has 2 saturated carbocycles. The van der Waals surface area contributed by atoms with Gasteiger partial charge in [-0.2, -0.15) is 13.2 Å². The maximum absolute atomic E-state index is 13.1. The third kappa shape index (κ3) is 7.74. The number of oxime groups is 1. The maximum Gasteiger partial charge on any atom is 0.436 e. The number of allylic oxidation sites excluding steroid dienone is 7. The van der Waals surface area contributed by atoms with E-state index in [1.54, 1.807) is 6.08 Å². The lowest BCUT2D eigenvalue weighted by atomic mass is 9.62. The highest BCUT2D eigenvalue weighted by molar-refractivity contribution is 6.74. The average Bonchev–Trinajstić information content (AvgIpc) is 3.20. The van der Waals surface area contributed by atoms with Gasteiger partial charge in [-0.25, -0.2) is 0 Å². The predicted molar refractivity (Wildman–Crippen MR) is 164 cm³/mol. The quantitative estimate of drug-likeness (QED) is 0.132. The summed E-state index contributed by atoms with van der Waals surface area (Å²) < 4.78 is 46.1. The molecule has 0 aromatic heterocycles. The summed E-state index contributed by atoms with van der Waals surface area (Å²) in [6.45, 7) is 20.0. The van der Waals surface area contributed by atoms with Gasteiger partial charge in [-0.05, 0) is 91.1 Å². The Kier molecular flexibility index (Phi) is 10.5. The SMILES string of the molecule is C=C1/C(=C\C=C2/CCC[C@]3(C)C([C@H](C)C/C=C/C(=N\OC)C(F)(F)F)=CC[C@@H]23)C[C@@H](O)C[C@@H]1O[Si](C)(C)C(C)(C)C. The summed E-state index contributed by atoms with van der Waals surface area (Å²) in [4.78, 5) is 4.38. The van der Waals surface area contributed by atoms with E-state index in [1.807, 2.05) is 0 Å². The molecular formula is C33H50F3NO3Si. The van der Waals surface area contributed by atoms with E-state index >= 15 is 0 Å². The minimum atomic E-state index is -4.55. The van der Waals surface area contributed by atoms with Gasteiger partial charge in [0.25, 0.3) is 0 Å². The summed E-state index contributed by atoms with van der Waals surface area (Å²) in [7, 11) is -0.904. The molecular weight excluding hydrogens is 543 g/mol. The molecule has 1 N–H and O–H groups in total. The Labute approximate surface area is 246 Å². The number of hydrogen-bond acceptors (Lipinski definition) is 4. The molecule has 0 aromatic carbocycles. The van der Waals surface area contributed by atoms with E-state index in [2.05, 4.69) is 82.5 Å². The van der Waals surface area contributed by atoms with Gasteiger partial charge in [-0.3, -0.25) is 0 Å². The first-order valence-electron chi connectivity index (χ1n) is 14.9. The standard InChI is InChI=1S/C33H50F3NO3Si/c1-22(12-10-14-30(37-39-7)33(34,35)36)27-17-18-28-24(13-11-19-32(27,28)6)15-16-25-20-26(38)21-29(23(25)2)40-41(8,9)31(3,4)5/h10,14-17,22,26,28-29,38H,2,11-13,18-21H2,1,3-9H3/b14-10+,24-15+,25-16-,37-30+/t22-,26-,28+,29+,32-/m1/s1. The Balaban J connectivity index is 1.75. The zero-order chi connectivity index (χ0) is 30.8. The van der Waals surface area contributed by atoms with Gasteiger partial charge in [-0.1, -0.05) is 81.8 Å². The van der Waals surface area contributed by atoms with E-state index in [0.29, 0.717) is 25.2 Å². The largest absolute Gasteiger partial charge is 0.436 e. The van der Waals surface area contributed by atoms with Crippen molar-refractivity contribution in [2.24, 2.45) is 22.4 Å². The third-order valence-corrected chi connectivity index (χ3v) is 14.4. The molecule has 0 bridgehead atoms. The summed E-state index contributed by atoms with van der Waals surface area (Å²) in [5.74, 6) is 0.494. The number of nitrogens with zero attached hydrogens (tertiary/aromatic N) is 1. The molecule has 4 nitrogen and oxygen atoms in total. The number of alkyl halides is 3. The van der Waals surface area contributed by atoms with Crippen LogP contribution in [-0.2, 0) is 9.26 Å². The summed E-state index contributed by atoms with van der Waals surface area (Å²) in [6.07, 6.45) is 9.91. The molecule has 0 radical (unpaired) electrons. The topological polar surface area (TPSA) is 51.0 Å². The fourth-order valence-corrected chi connectivity index (χ4v) is 7.80. The minimum Gasteiger partial charge on any atom is -0.410 e. The normalized spacial score (nSPS) is 31.1. The van der Waals surface area contributed by atoms with Gasteiger partial charge in [0.1, 0.15) is 7.11 Å². The van der Waals surface area contributed by atoms with E-state index in [0.717, 1.165) is 50.0 Å². The molecule has 5 atom stereocenters. The Bertz CT molecular complexity index is 1130. The van der Waals surface area contributed by atoms with E-state index in [-0.39, 0.29) is 22.5 Å². The molecule has 3 aliphatic carbocycles. The van der Waals surface area contributed by atoms with Gasteiger partial charge >= 0.3 is 6.18 Å². The summed E-state index contributed by atoms with van der Waals surface area (Å²) in [5.41, 5.74) is 3.75. The van der Waals surface area contributed by atoms with Crippen molar-refractivity contribution in [1.29, 1.82) is 0 Å². The predicted octanol–water partition coefficient (Wildman–Crippen LogP) is 9.22. The molecule has 3 aliphatic rings. The number of hydrogen-bond donors (Lipinski definition) is 1. The second-order valence-electron chi connectivity index (χ2n) is 13.8. The lowest BCUT2D eigenvalue weighted by molar-refractivity contribution is -0.0604. The van der Waals surface area contributed by atoms with Crippen molar-refractivity contribution in [3.05, 3.63) is 59.3 Å². The van der Waals surface area contributed by atoms with Crippen molar-refractivity contribution in [2.75, 3.05) is 7.11 Å². The van der Waals surface area contributed by atoms with Crippen LogP contribution in [0.3, 0.4) is 0 Å². The Hall–Kier alpha value is -1.90. The van der Waals surface area contributed by atoms with Gasteiger partial charge < -0.3 is 14.4 Å². The van der Waals surface area contributed by atoms with Crippen LogP contribution in [0.25, 0.3) is 0 Å². The fourth-order valence-electron chi connectivity index (χ4n) is 6.50. The Morgan fingerprint density at radius 3 is 2.56 bits per heavy atom. The highest BCUT2D eigenvalue weighted by Crippen LogP contribution is 2.57. The van der Waals surface area contributed by atoms with Crippen LogP contribution >= 0.6 is 0 Å². The zero-order valence-corrected chi connectivity index (χ0v) is 27.2. The van der Waals surface area contributed by atoms with Crippen molar-refractivity contribution in [3.8, 4) is 0 Å². The lowest BCUT2D eigenvalue weighted by Gasteiger charge is -2.43. The van der Waals surface area contributed by atoms with E-state index < -0.39 is 26.3 Å². The first-order chi connectivity index (χ1) is 18.9. The molecule has 0 unspecified atom stereocenters. The minimum absolute atomic E-state index is 0.0135. The summed E-state index contributed by atoms with van der Waals surface area (Å²) in [6, 6.07) is 0. The summed E-state index contributed by atoms with van der Waals surface area (Å²) >= 11 is 0. The number of fused-ring (bicyclic) bond motifs is 1. The second-order valence-corrected chi connectivity index (χ2v) is 18.6. The lowest BCUT2D eigenvalue weighted by Crippen LogP contribution is -2.46. The van der Waals surface area contributed by atoms with E-state index in [9.17, 15) is 18.3 Å². The van der Waals surface area contributed by atoms with Crippen molar-refractivity contribution in [1.82, 2.24) is 0 Å². The average molecular weight is 594 g/mol. The van der Waals surface area contributed by atoms with Crippen LogP contribution in [0, 0.1) is 17.3 Å². The van der Waals surface area contributed by atoms with Crippen LogP contribution in [0.1, 0.15) is 79.6 Å². The molecule has 2 fully saturated rings. The number of rotatable bonds is 8. The molecule has 41 heavy (non-hydrogen) atoms. The van der Waals surface area contributed by atoms with Gasteiger partial charge in [0.2, 0.25) is 0 Å². The molecule has 0 spiro atoms. The smallest absolute Gasteiger partial charge is 0.410 e. The Morgan fingerprint density at radius 1 is 1.27 bits per heavy atom. The van der Waals surface area contributed by atoms with Gasteiger partial charge in [0, 0.05) is 6.42 Å². The first kappa shape index (κ1) is 33.6. The number of halogens is 3. The molecule has 3 rings (SSSR count). The van der Waals surface area contributed by atoms with Crippen LogP contribution in [0.15, 0.2) is 64.4 Å². The monoisotopic (exact) mass is 593 g/mol. The third-order valence-electron chi connectivity index (χ3n) is 9.87. The van der Waals surface area contributed by atoms with Gasteiger partial charge in [-0.15, -0.1) is 0 Å². The molecule has 0 amide bonds. The highest BCUT2D eigenvalue weighted by Gasteiger charge is 2.46. The van der Waals surface area contributed by atoms with Crippen molar-refractivity contribution in [2.45, 2.75) is 116 Å². The van der Waals surface area contributed by atoms with Gasteiger partial charge in [0.15, 0.2) is 14.0 Å². The molecule has 0 heterocycles. The molecule has 0 aromatic rings. The van der Waals surface area contributed by atoms with Crippen molar-refractivity contribution < 1.29 is 27.5 Å². The van der Waals surface area contributed by atoms with Crippen molar-refractivity contribution >= 4 is 14.0 Å². The highest BCUT2D eigenvalue weighted by atomic mass is 28.4. The molecule has 230 valence electrons. The van der Waals surface area contributed by atoms with Crippen LogP contribution in [0.4, 0.5) is 13.2 Å². The van der Waals surface area contributed by atoms with Crippen LogP contribution in [0.5, 0.6) is 0 Å². The number of aliphatic hydroxyl groups is 1. The summed E-state index contributed by atoms with van der Waals surface area (Å²) in [5, 5.41) is 13.9. The fraction of sp³-hybridized carbons (Fsp3) is 0.667. The van der Waals surface area contributed by atoms with E-state index in [1.165, 1.54) is 11.1 Å². The second kappa shape index (κ2) is 12.8. The van der Waals surface area contributed by atoms with Gasteiger partial charge in [0.05, 0.1) is 12.2 Å². The molecule has 0 aliphatic heterocycles.